The summed E-state index contributed by atoms with van der Waals surface area (Å²) in [6.07, 6.45) is 0. The van der Waals surface area contributed by atoms with E-state index in [4.69, 9.17) is 0 Å². The first-order chi connectivity index (χ1) is 6.74. The molecule has 3 heteroatoms. The minimum atomic E-state index is 0.989. The maximum absolute atomic E-state index is 3.55. The highest BCUT2D eigenvalue weighted by Crippen LogP contribution is 2.16. The van der Waals surface area contributed by atoms with Gasteiger partial charge in [-0.15, -0.1) is 0 Å². The number of halogens is 1. The van der Waals surface area contributed by atoms with Gasteiger partial charge in [0.1, 0.15) is 0 Å². The number of likely N-dealkylation sites (N-methyl/N-ethyl adjacent to an activating group) is 2. The largest absolute Gasteiger partial charge is 0.318 e. The first kappa shape index (κ1) is 11.7. The lowest BCUT2D eigenvalue weighted by molar-refractivity contribution is 0.327. The summed E-state index contributed by atoms with van der Waals surface area (Å²) in [5, 5.41) is 3.15. The third kappa shape index (κ3) is 3.78. The van der Waals surface area contributed by atoms with Gasteiger partial charge in [-0.1, -0.05) is 34.1 Å². The molecule has 0 radical (unpaired) electrons. The van der Waals surface area contributed by atoms with Gasteiger partial charge >= 0.3 is 0 Å². The SMILES string of the molecule is CNCCN(C)Cc1ccccc1Br. The quantitative estimate of drug-likeness (QED) is 0.869. The van der Waals surface area contributed by atoms with Crippen LogP contribution in [-0.4, -0.2) is 32.1 Å². The van der Waals surface area contributed by atoms with Crippen molar-refractivity contribution < 1.29 is 0 Å². The summed E-state index contributed by atoms with van der Waals surface area (Å²) in [5.74, 6) is 0. The van der Waals surface area contributed by atoms with Gasteiger partial charge in [0.25, 0.3) is 0 Å². The molecule has 14 heavy (non-hydrogen) atoms. The van der Waals surface area contributed by atoms with Crippen molar-refractivity contribution in [3.63, 3.8) is 0 Å². The van der Waals surface area contributed by atoms with Crippen LogP contribution in [0, 0.1) is 0 Å². The van der Waals surface area contributed by atoms with Crippen molar-refractivity contribution >= 4 is 15.9 Å². The summed E-state index contributed by atoms with van der Waals surface area (Å²) in [6, 6.07) is 8.36. The highest BCUT2D eigenvalue weighted by molar-refractivity contribution is 9.10. The molecule has 78 valence electrons. The van der Waals surface area contributed by atoms with Crippen LogP contribution in [0.15, 0.2) is 28.7 Å². The van der Waals surface area contributed by atoms with E-state index in [9.17, 15) is 0 Å². The number of nitrogens with zero attached hydrogens (tertiary/aromatic N) is 1. The van der Waals surface area contributed by atoms with Gasteiger partial charge in [0, 0.05) is 24.1 Å². The van der Waals surface area contributed by atoms with Crippen molar-refractivity contribution in [2.75, 3.05) is 27.2 Å². The Morgan fingerprint density at radius 3 is 2.71 bits per heavy atom. The molecule has 0 heterocycles. The number of hydrogen-bond acceptors (Lipinski definition) is 2. The molecule has 2 nitrogen and oxygen atoms in total. The number of nitrogens with one attached hydrogen (secondary N) is 1. The van der Waals surface area contributed by atoms with E-state index < -0.39 is 0 Å². The van der Waals surface area contributed by atoms with E-state index in [-0.39, 0.29) is 0 Å². The molecule has 0 amide bonds. The van der Waals surface area contributed by atoms with E-state index in [2.05, 4.69) is 51.4 Å². The summed E-state index contributed by atoms with van der Waals surface area (Å²) in [5.41, 5.74) is 1.34. The fourth-order valence-electron chi connectivity index (χ4n) is 1.30. The van der Waals surface area contributed by atoms with Crippen LogP contribution < -0.4 is 5.32 Å². The lowest BCUT2D eigenvalue weighted by Crippen LogP contribution is -2.27. The lowest BCUT2D eigenvalue weighted by Gasteiger charge is -2.17. The summed E-state index contributed by atoms with van der Waals surface area (Å²) in [4.78, 5) is 2.30. The van der Waals surface area contributed by atoms with Crippen molar-refractivity contribution in [3.05, 3.63) is 34.3 Å². The Morgan fingerprint density at radius 1 is 1.36 bits per heavy atom. The molecule has 0 aromatic heterocycles. The molecule has 0 spiro atoms. The van der Waals surface area contributed by atoms with Gasteiger partial charge in [0.05, 0.1) is 0 Å². The molecule has 1 aromatic carbocycles. The Hall–Kier alpha value is -0.380. The Labute approximate surface area is 94.4 Å². The highest BCUT2D eigenvalue weighted by Gasteiger charge is 2.02. The van der Waals surface area contributed by atoms with E-state index in [1.807, 2.05) is 13.1 Å². The van der Waals surface area contributed by atoms with E-state index in [1.165, 1.54) is 10.0 Å². The van der Waals surface area contributed by atoms with E-state index in [0.717, 1.165) is 19.6 Å². The molecule has 0 fully saturated rings. The molecule has 0 atom stereocenters. The summed E-state index contributed by atoms with van der Waals surface area (Å²) < 4.78 is 1.19. The Morgan fingerprint density at radius 2 is 2.07 bits per heavy atom. The van der Waals surface area contributed by atoms with Crippen LogP contribution in [0.3, 0.4) is 0 Å². The molecule has 0 saturated heterocycles. The van der Waals surface area contributed by atoms with Crippen LogP contribution in [0.1, 0.15) is 5.56 Å². The molecule has 1 N–H and O–H groups in total. The monoisotopic (exact) mass is 256 g/mol. The van der Waals surface area contributed by atoms with Crippen molar-refractivity contribution in [1.82, 2.24) is 10.2 Å². The maximum Gasteiger partial charge on any atom is 0.0242 e. The highest BCUT2D eigenvalue weighted by atomic mass is 79.9. The van der Waals surface area contributed by atoms with Crippen molar-refractivity contribution in [2.24, 2.45) is 0 Å². The zero-order valence-corrected chi connectivity index (χ0v) is 10.3. The Kier molecular flexibility index (Phi) is 5.15. The fraction of sp³-hybridized carbons (Fsp3) is 0.455. The fourth-order valence-corrected chi connectivity index (χ4v) is 1.71. The van der Waals surface area contributed by atoms with Crippen LogP contribution in [0.5, 0.6) is 0 Å². The van der Waals surface area contributed by atoms with Crippen molar-refractivity contribution in [2.45, 2.75) is 6.54 Å². The molecule has 0 aliphatic rings. The average molecular weight is 257 g/mol. The molecule has 0 bridgehead atoms. The van der Waals surface area contributed by atoms with Gasteiger partial charge in [-0.3, -0.25) is 0 Å². The Bertz CT molecular complexity index is 276. The molecular weight excluding hydrogens is 240 g/mol. The predicted octanol–water partition coefficient (Wildman–Crippen LogP) is 2.10. The van der Waals surface area contributed by atoms with Crippen LogP contribution in [-0.2, 0) is 6.54 Å². The summed E-state index contributed by atoms with van der Waals surface area (Å²) >= 11 is 3.55. The van der Waals surface area contributed by atoms with Crippen LogP contribution >= 0.6 is 15.9 Å². The molecule has 0 aliphatic heterocycles. The molecule has 1 aromatic rings. The smallest absolute Gasteiger partial charge is 0.0242 e. The van der Waals surface area contributed by atoms with E-state index in [1.54, 1.807) is 0 Å². The predicted molar refractivity (Wildman–Crippen MR) is 64.4 cm³/mol. The molecule has 0 aliphatic carbocycles. The number of rotatable bonds is 5. The second kappa shape index (κ2) is 6.17. The van der Waals surface area contributed by atoms with E-state index >= 15 is 0 Å². The standard InChI is InChI=1S/C11H17BrN2/c1-13-7-8-14(2)9-10-5-3-4-6-11(10)12/h3-6,13H,7-9H2,1-2H3. The molecule has 0 saturated carbocycles. The zero-order chi connectivity index (χ0) is 10.4. The number of hydrogen-bond donors (Lipinski definition) is 1. The Balaban J connectivity index is 2.47. The first-order valence-corrected chi connectivity index (χ1v) is 5.60. The normalized spacial score (nSPS) is 10.9. The van der Waals surface area contributed by atoms with Crippen LogP contribution in [0.2, 0.25) is 0 Å². The first-order valence-electron chi connectivity index (χ1n) is 4.80. The zero-order valence-electron chi connectivity index (χ0n) is 8.76. The van der Waals surface area contributed by atoms with Crippen LogP contribution in [0.25, 0.3) is 0 Å². The third-order valence-electron chi connectivity index (χ3n) is 2.14. The molecule has 0 unspecified atom stereocenters. The number of benzene rings is 1. The second-order valence-electron chi connectivity index (χ2n) is 3.43. The van der Waals surface area contributed by atoms with Gasteiger partial charge < -0.3 is 10.2 Å². The molecular formula is C11H17BrN2. The van der Waals surface area contributed by atoms with Crippen molar-refractivity contribution in [3.8, 4) is 0 Å². The minimum Gasteiger partial charge on any atom is -0.318 e. The van der Waals surface area contributed by atoms with Crippen molar-refractivity contribution in [1.29, 1.82) is 0 Å². The lowest BCUT2D eigenvalue weighted by atomic mass is 10.2. The van der Waals surface area contributed by atoms with E-state index in [0.29, 0.717) is 0 Å². The summed E-state index contributed by atoms with van der Waals surface area (Å²) in [7, 11) is 4.11. The topological polar surface area (TPSA) is 15.3 Å². The summed E-state index contributed by atoms with van der Waals surface area (Å²) in [6.45, 7) is 3.09. The van der Waals surface area contributed by atoms with Gasteiger partial charge in [-0.25, -0.2) is 0 Å². The minimum absolute atomic E-state index is 0.989. The van der Waals surface area contributed by atoms with Crippen LogP contribution in [0.4, 0.5) is 0 Å². The molecule has 1 rings (SSSR count). The maximum atomic E-state index is 3.55. The van der Waals surface area contributed by atoms with Gasteiger partial charge in [-0.2, -0.15) is 0 Å². The van der Waals surface area contributed by atoms with Gasteiger partial charge in [0.15, 0.2) is 0 Å². The third-order valence-corrected chi connectivity index (χ3v) is 2.92. The second-order valence-corrected chi connectivity index (χ2v) is 4.29. The van der Waals surface area contributed by atoms with Gasteiger partial charge in [0.2, 0.25) is 0 Å². The average Bonchev–Trinajstić information content (AvgIpc) is 2.18. The van der Waals surface area contributed by atoms with Gasteiger partial charge in [-0.05, 0) is 25.7 Å².